The molecular weight excluding hydrogens is 438 g/mol. The molecule has 1 aliphatic heterocycles. The van der Waals surface area contributed by atoms with Crippen molar-refractivity contribution in [2.24, 2.45) is 15.3 Å². The highest BCUT2D eigenvalue weighted by molar-refractivity contribution is 7.89. The van der Waals surface area contributed by atoms with Gasteiger partial charge in [-0.05, 0) is 49.9 Å². The molecule has 1 atom stereocenters. The number of phenols is 1. The molecule has 0 spiro atoms. The van der Waals surface area contributed by atoms with E-state index in [0.29, 0.717) is 5.92 Å². The summed E-state index contributed by atoms with van der Waals surface area (Å²) in [4.78, 5) is 20.6. The number of rotatable bonds is 5. The average molecular weight is 462 g/mol. The lowest BCUT2D eigenvalue weighted by atomic mass is 10.1. The summed E-state index contributed by atoms with van der Waals surface area (Å²) in [7, 11) is -0.798. The highest BCUT2D eigenvalue weighted by Gasteiger charge is 2.36. The molecular formula is C20H23N5O4S2. The van der Waals surface area contributed by atoms with Crippen LogP contribution in [0.3, 0.4) is 0 Å². The fraction of sp³-hybridized carbons (Fsp3) is 0.350. The van der Waals surface area contributed by atoms with Crippen molar-refractivity contribution in [3.8, 4) is 5.75 Å². The van der Waals surface area contributed by atoms with Crippen LogP contribution in [0.4, 0.5) is 5.69 Å². The van der Waals surface area contributed by atoms with Crippen LogP contribution in [0, 0.1) is 12.8 Å². The number of carbonyl (C=O) groups is 1. The van der Waals surface area contributed by atoms with E-state index in [-0.39, 0.29) is 40.6 Å². The molecule has 31 heavy (non-hydrogen) atoms. The number of nitrogens with zero attached hydrogens (tertiary/aromatic N) is 3. The predicted octanol–water partition coefficient (Wildman–Crippen LogP) is 2.67. The molecule has 0 saturated heterocycles. The van der Waals surface area contributed by atoms with E-state index in [4.69, 9.17) is 4.99 Å². The lowest BCUT2D eigenvalue weighted by Gasteiger charge is -2.15. The Hall–Kier alpha value is -2.92. The van der Waals surface area contributed by atoms with Crippen LogP contribution in [0.1, 0.15) is 39.0 Å². The molecule has 1 aromatic carbocycles. The summed E-state index contributed by atoms with van der Waals surface area (Å²) in [6.07, 6.45) is 2.06. The molecule has 0 unspecified atom stereocenters. The number of thiophene rings is 1. The van der Waals surface area contributed by atoms with Gasteiger partial charge in [0, 0.05) is 23.8 Å². The number of anilines is 1. The summed E-state index contributed by atoms with van der Waals surface area (Å²) in [5.41, 5.74) is 0.251. The summed E-state index contributed by atoms with van der Waals surface area (Å²) >= 11 is 1.64. The van der Waals surface area contributed by atoms with Crippen molar-refractivity contribution in [3.63, 3.8) is 0 Å². The summed E-state index contributed by atoms with van der Waals surface area (Å²) in [5, 5.41) is 13.4. The summed E-state index contributed by atoms with van der Waals surface area (Å²) in [5.74, 6) is -0.252. The normalized spacial score (nSPS) is 19.6. The SMILES string of the molecule is Cc1ccc([C@H](N=C2NS(=O)(=O)N=C2Nc2cccc(C(=O)N(C)C)c2O)C2CC2)s1. The molecule has 2 aliphatic rings. The molecule has 2 heterocycles. The van der Waals surface area contributed by atoms with Gasteiger partial charge in [-0.2, -0.15) is 8.42 Å². The van der Waals surface area contributed by atoms with Crippen LogP contribution < -0.4 is 10.0 Å². The number of nitrogens with one attached hydrogen (secondary N) is 2. The first kappa shape index (κ1) is 21.3. The minimum absolute atomic E-state index is 0.0244. The number of aromatic hydroxyl groups is 1. The van der Waals surface area contributed by atoms with Gasteiger partial charge >= 0.3 is 10.2 Å². The van der Waals surface area contributed by atoms with E-state index in [9.17, 15) is 18.3 Å². The second-order valence-corrected chi connectivity index (χ2v) is 10.4. The Morgan fingerprint density at radius 2 is 2.06 bits per heavy atom. The molecule has 9 nitrogen and oxygen atoms in total. The second kappa shape index (κ2) is 7.97. The van der Waals surface area contributed by atoms with Gasteiger partial charge in [0.15, 0.2) is 17.4 Å². The van der Waals surface area contributed by atoms with Gasteiger partial charge in [0.05, 0.1) is 17.3 Å². The zero-order valence-corrected chi connectivity index (χ0v) is 18.9. The summed E-state index contributed by atoms with van der Waals surface area (Å²) in [6, 6.07) is 8.49. The van der Waals surface area contributed by atoms with Crippen LogP contribution >= 0.6 is 11.3 Å². The summed E-state index contributed by atoms with van der Waals surface area (Å²) in [6.45, 7) is 2.02. The quantitative estimate of drug-likeness (QED) is 0.591. The Bertz CT molecular complexity index is 1200. The number of aryl methyl sites for hydroxylation is 1. The predicted molar refractivity (Wildman–Crippen MR) is 121 cm³/mol. The van der Waals surface area contributed by atoms with Gasteiger partial charge in [0.25, 0.3) is 5.91 Å². The average Bonchev–Trinajstić information content (AvgIpc) is 3.38. The van der Waals surface area contributed by atoms with Crippen molar-refractivity contribution in [2.75, 3.05) is 19.4 Å². The van der Waals surface area contributed by atoms with Crippen LogP contribution in [0.2, 0.25) is 0 Å². The lowest BCUT2D eigenvalue weighted by Crippen LogP contribution is -2.31. The van der Waals surface area contributed by atoms with Gasteiger partial charge in [-0.15, -0.1) is 15.7 Å². The zero-order valence-electron chi connectivity index (χ0n) is 17.3. The number of amidine groups is 2. The Morgan fingerprint density at radius 3 is 2.68 bits per heavy atom. The van der Waals surface area contributed by atoms with E-state index >= 15 is 0 Å². The number of benzene rings is 1. The molecule has 0 bridgehead atoms. The largest absolute Gasteiger partial charge is 0.505 e. The maximum absolute atomic E-state index is 12.3. The maximum atomic E-state index is 12.3. The van der Waals surface area contributed by atoms with Gasteiger partial charge in [-0.1, -0.05) is 6.07 Å². The molecule has 11 heteroatoms. The Balaban J connectivity index is 1.68. The minimum Gasteiger partial charge on any atom is -0.505 e. The Kier molecular flexibility index (Phi) is 5.48. The first-order valence-corrected chi connectivity index (χ1v) is 12.0. The third-order valence-corrected chi connectivity index (χ3v) is 6.92. The van der Waals surface area contributed by atoms with E-state index < -0.39 is 10.2 Å². The second-order valence-electron chi connectivity index (χ2n) is 7.75. The number of hydrogen-bond acceptors (Lipinski definition) is 7. The Labute approximate surface area is 184 Å². The Morgan fingerprint density at radius 1 is 1.32 bits per heavy atom. The molecule has 1 aliphatic carbocycles. The standard InChI is InChI=1S/C20H23N5O4S2/c1-11-7-10-15(30-11)16(12-8-9-12)22-19-18(23-31(28,29)24-19)21-14-6-4-5-13(17(14)26)20(27)25(2)3/h4-7,10,12,16,26H,8-9H2,1-3H3,(H,21,23)(H,22,24)/t16-/m1/s1. The molecule has 1 aromatic heterocycles. The number of para-hydroxylation sites is 1. The molecule has 1 fully saturated rings. The van der Waals surface area contributed by atoms with Gasteiger partial charge in [-0.3, -0.25) is 9.79 Å². The van der Waals surface area contributed by atoms with Gasteiger partial charge in [0.2, 0.25) is 0 Å². The smallest absolute Gasteiger partial charge is 0.345 e. The maximum Gasteiger partial charge on any atom is 0.345 e. The molecule has 1 amide bonds. The van der Waals surface area contributed by atoms with Crippen molar-refractivity contribution < 1.29 is 18.3 Å². The molecule has 1 saturated carbocycles. The molecule has 3 N–H and O–H groups in total. The van der Waals surface area contributed by atoms with E-state index in [1.54, 1.807) is 31.5 Å². The number of phenolic OH excluding ortho intramolecular Hbond substituents is 1. The topological polar surface area (TPSA) is 123 Å². The van der Waals surface area contributed by atoms with Gasteiger partial charge in [0.1, 0.15) is 0 Å². The number of amides is 1. The van der Waals surface area contributed by atoms with E-state index in [0.717, 1.165) is 22.6 Å². The van der Waals surface area contributed by atoms with Gasteiger partial charge < -0.3 is 15.3 Å². The van der Waals surface area contributed by atoms with E-state index in [2.05, 4.69) is 14.4 Å². The van der Waals surface area contributed by atoms with Crippen LogP contribution in [0.25, 0.3) is 0 Å². The van der Waals surface area contributed by atoms with Crippen molar-refractivity contribution in [1.29, 1.82) is 0 Å². The lowest BCUT2D eigenvalue weighted by molar-refractivity contribution is 0.0824. The van der Waals surface area contributed by atoms with Crippen LogP contribution in [0.5, 0.6) is 5.75 Å². The number of carbonyl (C=O) groups excluding carboxylic acids is 1. The van der Waals surface area contributed by atoms with Crippen molar-refractivity contribution >= 4 is 44.8 Å². The third kappa shape index (κ3) is 4.57. The van der Waals surface area contributed by atoms with E-state index in [1.165, 1.54) is 17.0 Å². The summed E-state index contributed by atoms with van der Waals surface area (Å²) < 4.78 is 30.4. The minimum atomic E-state index is -3.95. The molecule has 4 rings (SSSR count). The molecule has 0 radical (unpaired) electrons. The first-order valence-electron chi connectivity index (χ1n) is 9.72. The highest BCUT2D eigenvalue weighted by atomic mass is 32.2. The van der Waals surface area contributed by atoms with Crippen LogP contribution in [0.15, 0.2) is 39.7 Å². The van der Waals surface area contributed by atoms with Crippen LogP contribution in [-0.4, -0.2) is 50.1 Å². The molecule has 164 valence electrons. The van der Waals surface area contributed by atoms with E-state index in [1.807, 2.05) is 19.1 Å². The number of hydrogen-bond donors (Lipinski definition) is 3. The first-order chi connectivity index (χ1) is 14.6. The van der Waals surface area contributed by atoms with Crippen molar-refractivity contribution in [3.05, 3.63) is 45.6 Å². The third-order valence-electron chi connectivity index (χ3n) is 4.98. The highest BCUT2D eigenvalue weighted by Crippen LogP contribution is 2.45. The van der Waals surface area contributed by atoms with Crippen molar-refractivity contribution in [1.82, 2.24) is 9.62 Å². The van der Waals surface area contributed by atoms with Crippen LogP contribution in [-0.2, 0) is 10.2 Å². The monoisotopic (exact) mass is 461 g/mol. The van der Waals surface area contributed by atoms with Crippen molar-refractivity contribution in [2.45, 2.75) is 25.8 Å². The van der Waals surface area contributed by atoms with Gasteiger partial charge in [-0.25, -0.2) is 4.72 Å². The fourth-order valence-corrected chi connectivity index (χ4v) is 5.10. The zero-order chi connectivity index (χ0) is 22.3. The number of aliphatic imine (C=N–C) groups is 1. The fourth-order valence-electron chi connectivity index (χ4n) is 3.28. The molecule has 2 aromatic rings.